The predicted octanol–water partition coefficient (Wildman–Crippen LogP) is 3.79. The lowest BCUT2D eigenvalue weighted by Gasteiger charge is -2.22. The Hall–Kier alpha value is -1.49. The van der Waals surface area contributed by atoms with E-state index in [-0.39, 0.29) is 0 Å². The molecule has 1 aliphatic carbocycles. The first-order chi connectivity index (χ1) is 8.24. The monoisotopic (exact) mass is 228 g/mol. The minimum absolute atomic E-state index is 0.564. The van der Waals surface area contributed by atoms with Crippen LogP contribution in [0.3, 0.4) is 0 Å². The second-order valence-electron chi connectivity index (χ2n) is 5.05. The Morgan fingerprint density at radius 1 is 1.41 bits per heavy atom. The van der Waals surface area contributed by atoms with Crippen LogP contribution in [0.5, 0.6) is 0 Å². The predicted molar refractivity (Wildman–Crippen MR) is 70.7 cm³/mol. The molecule has 0 heterocycles. The highest BCUT2D eigenvalue weighted by molar-refractivity contribution is 5.50. The van der Waals surface area contributed by atoms with Crippen LogP contribution >= 0.6 is 0 Å². The van der Waals surface area contributed by atoms with Gasteiger partial charge in [-0.05, 0) is 42.9 Å². The minimum Gasteiger partial charge on any atom is -0.382 e. The third-order valence-electron chi connectivity index (χ3n) is 4.09. The second kappa shape index (κ2) is 5.23. The Labute approximate surface area is 104 Å². The summed E-state index contributed by atoms with van der Waals surface area (Å²) in [6.45, 7) is 4.62. The number of hydrogen-bond donors (Lipinski definition) is 1. The van der Waals surface area contributed by atoms with Crippen molar-refractivity contribution in [3.05, 3.63) is 29.8 Å². The smallest absolute Gasteiger partial charge is 0.0992 e. The summed E-state index contributed by atoms with van der Waals surface area (Å²) in [5.74, 6) is 1.58. The van der Waals surface area contributed by atoms with Crippen LogP contribution in [-0.4, -0.2) is 6.04 Å². The molecular weight excluding hydrogens is 208 g/mol. The molecule has 1 saturated carbocycles. The lowest BCUT2D eigenvalue weighted by Crippen LogP contribution is -2.24. The summed E-state index contributed by atoms with van der Waals surface area (Å²) >= 11 is 0. The van der Waals surface area contributed by atoms with Crippen molar-refractivity contribution < 1.29 is 0 Å². The van der Waals surface area contributed by atoms with Crippen molar-refractivity contribution in [3.8, 4) is 6.07 Å². The third-order valence-corrected chi connectivity index (χ3v) is 4.09. The minimum atomic E-state index is 0.564. The van der Waals surface area contributed by atoms with Crippen molar-refractivity contribution in [1.29, 1.82) is 5.26 Å². The zero-order chi connectivity index (χ0) is 12.3. The fourth-order valence-corrected chi connectivity index (χ4v) is 2.92. The number of nitrogens with zero attached hydrogens (tertiary/aromatic N) is 1. The summed E-state index contributed by atoms with van der Waals surface area (Å²) in [5.41, 5.74) is 1.81. The maximum atomic E-state index is 8.88. The summed E-state index contributed by atoms with van der Waals surface area (Å²) in [6.07, 6.45) is 3.85. The van der Waals surface area contributed by atoms with Gasteiger partial charge < -0.3 is 5.32 Å². The van der Waals surface area contributed by atoms with Gasteiger partial charge in [-0.25, -0.2) is 0 Å². The maximum Gasteiger partial charge on any atom is 0.0992 e. The van der Waals surface area contributed by atoms with E-state index in [4.69, 9.17) is 5.26 Å². The largest absolute Gasteiger partial charge is 0.382 e. The Balaban J connectivity index is 2.04. The first kappa shape index (κ1) is 12.0. The molecule has 0 spiro atoms. The van der Waals surface area contributed by atoms with Crippen molar-refractivity contribution in [1.82, 2.24) is 0 Å². The molecule has 1 fully saturated rings. The molecule has 0 saturated heterocycles. The SMILES string of the molecule is CCC1CCC(Nc2cccc(C#N)c2)C1C. The molecule has 3 atom stereocenters. The van der Waals surface area contributed by atoms with Gasteiger partial charge >= 0.3 is 0 Å². The molecule has 2 heteroatoms. The van der Waals surface area contributed by atoms with Gasteiger partial charge in [0.15, 0.2) is 0 Å². The van der Waals surface area contributed by atoms with E-state index in [1.165, 1.54) is 19.3 Å². The highest BCUT2D eigenvalue weighted by Crippen LogP contribution is 2.35. The van der Waals surface area contributed by atoms with Gasteiger partial charge in [-0.3, -0.25) is 0 Å². The molecule has 1 aromatic carbocycles. The van der Waals surface area contributed by atoms with Gasteiger partial charge in [0.25, 0.3) is 0 Å². The van der Waals surface area contributed by atoms with Crippen molar-refractivity contribution in [2.45, 2.75) is 39.2 Å². The maximum absolute atomic E-state index is 8.88. The summed E-state index contributed by atoms with van der Waals surface area (Å²) in [7, 11) is 0. The van der Waals surface area contributed by atoms with Crippen LogP contribution in [0.2, 0.25) is 0 Å². The number of nitrogens with one attached hydrogen (secondary N) is 1. The zero-order valence-electron chi connectivity index (χ0n) is 10.6. The molecule has 0 aromatic heterocycles. The van der Waals surface area contributed by atoms with Crippen molar-refractivity contribution in [2.24, 2.45) is 11.8 Å². The molecule has 1 aromatic rings. The molecule has 0 radical (unpaired) electrons. The summed E-state index contributed by atoms with van der Waals surface area (Å²) < 4.78 is 0. The Morgan fingerprint density at radius 2 is 2.24 bits per heavy atom. The first-order valence-corrected chi connectivity index (χ1v) is 6.51. The Kier molecular flexibility index (Phi) is 3.68. The average molecular weight is 228 g/mol. The van der Waals surface area contributed by atoms with Gasteiger partial charge in [0, 0.05) is 11.7 Å². The van der Waals surface area contributed by atoms with Gasteiger partial charge in [-0.2, -0.15) is 5.26 Å². The number of anilines is 1. The molecular formula is C15H20N2. The van der Waals surface area contributed by atoms with E-state index < -0.39 is 0 Å². The lowest BCUT2D eigenvalue weighted by molar-refractivity contribution is 0.392. The van der Waals surface area contributed by atoms with Gasteiger partial charge in [0.05, 0.1) is 11.6 Å². The lowest BCUT2D eigenvalue weighted by atomic mass is 9.93. The van der Waals surface area contributed by atoms with Crippen LogP contribution in [0.15, 0.2) is 24.3 Å². The second-order valence-corrected chi connectivity index (χ2v) is 5.05. The van der Waals surface area contributed by atoms with Gasteiger partial charge in [-0.15, -0.1) is 0 Å². The van der Waals surface area contributed by atoms with E-state index in [1.807, 2.05) is 24.3 Å². The highest BCUT2D eigenvalue weighted by atomic mass is 14.9. The number of nitriles is 1. The third kappa shape index (κ3) is 2.61. The number of benzene rings is 1. The molecule has 0 bridgehead atoms. The van der Waals surface area contributed by atoms with Crippen LogP contribution in [0.1, 0.15) is 38.7 Å². The highest BCUT2D eigenvalue weighted by Gasteiger charge is 2.31. The summed E-state index contributed by atoms with van der Waals surface area (Å²) in [5, 5.41) is 12.5. The van der Waals surface area contributed by atoms with E-state index in [2.05, 4.69) is 25.2 Å². The van der Waals surface area contributed by atoms with Crippen LogP contribution in [0, 0.1) is 23.2 Å². The van der Waals surface area contributed by atoms with Crippen molar-refractivity contribution in [2.75, 3.05) is 5.32 Å². The fraction of sp³-hybridized carbons (Fsp3) is 0.533. The van der Waals surface area contributed by atoms with Gasteiger partial charge in [0.1, 0.15) is 0 Å². The zero-order valence-corrected chi connectivity index (χ0v) is 10.6. The summed E-state index contributed by atoms with van der Waals surface area (Å²) in [4.78, 5) is 0. The molecule has 1 N–H and O–H groups in total. The topological polar surface area (TPSA) is 35.8 Å². The first-order valence-electron chi connectivity index (χ1n) is 6.51. The molecule has 0 aliphatic heterocycles. The standard InChI is InChI=1S/C15H20N2/c1-3-13-7-8-15(11(13)2)17-14-6-4-5-12(9-14)10-16/h4-6,9,11,13,15,17H,3,7-8H2,1-2H3. The van der Waals surface area contributed by atoms with E-state index >= 15 is 0 Å². The molecule has 17 heavy (non-hydrogen) atoms. The normalized spacial score (nSPS) is 27.7. The molecule has 0 amide bonds. The van der Waals surface area contributed by atoms with E-state index in [1.54, 1.807) is 0 Å². The quantitative estimate of drug-likeness (QED) is 0.854. The van der Waals surface area contributed by atoms with Gasteiger partial charge in [0.2, 0.25) is 0 Å². The molecule has 90 valence electrons. The number of hydrogen-bond acceptors (Lipinski definition) is 2. The Morgan fingerprint density at radius 3 is 2.88 bits per heavy atom. The average Bonchev–Trinajstić information content (AvgIpc) is 2.71. The van der Waals surface area contributed by atoms with Gasteiger partial charge in [-0.1, -0.05) is 26.3 Å². The van der Waals surface area contributed by atoms with E-state index in [9.17, 15) is 0 Å². The van der Waals surface area contributed by atoms with Crippen molar-refractivity contribution >= 4 is 5.69 Å². The Bertz CT molecular complexity index is 419. The molecule has 1 aliphatic rings. The molecule has 2 nitrogen and oxygen atoms in total. The van der Waals surface area contributed by atoms with Crippen LogP contribution in [0.25, 0.3) is 0 Å². The van der Waals surface area contributed by atoms with Crippen LogP contribution in [0.4, 0.5) is 5.69 Å². The fourth-order valence-electron chi connectivity index (χ4n) is 2.92. The van der Waals surface area contributed by atoms with E-state index in [0.717, 1.165) is 23.1 Å². The molecule has 3 unspecified atom stereocenters. The van der Waals surface area contributed by atoms with Crippen LogP contribution < -0.4 is 5.32 Å². The van der Waals surface area contributed by atoms with Crippen molar-refractivity contribution in [3.63, 3.8) is 0 Å². The molecule has 2 rings (SSSR count). The summed E-state index contributed by atoms with van der Waals surface area (Å²) in [6, 6.07) is 10.5. The van der Waals surface area contributed by atoms with Crippen LogP contribution in [-0.2, 0) is 0 Å². The number of rotatable bonds is 3. The van der Waals surface area contributed by atoms with E-state index in [0.29, 0.717) is 6.04 Å².